The minimum absolute atomic E-state index is 0.209. The third-order valence-electron chi connectivity index (χ3n) is 3.27. The van der Waals surface area contributed by atoms with Gasteiger partial charge < -0.3 is 19.0 Å². The molecule has 2 aromatic carbocycles. The summed E-state index contributed by atoms with van der Waals surface area (Å²) in [6.07, 6.45) is 0. The van der Waals surface area contributed by atoms with Crippen molar-refractivity contribution in [2.75, 3.05) is 7.11 Å². The standard InChI is InChI=1S/C17H14O5/c1-20-12-7-8-14-13(9-12)15(16(22-14)17(18)19)21-10-11-5-3-2-4-6-11/h2-9H,10H2,1H3,(H,18,19). The van der Waals surface area contributed by atoms with Crippen molar-refractivity contribution in [3.63, 3.8) is 0 Å². The Morgan fingerprint density at radius 3 is 2.64 bits per heavy atom. The van der Waals surface area contributed by atoms with E-state index < -0.39 is 5.97 Å². The lowest BCUT2D eigenvalue weighted by atomic mass is 10.2. The van der Waals surface area contributed by atoms with Gasteiger partial charge in [-0.15, -0.1) is 0 Å². The van der Waals surface area contributed by atoms with Gasteiger partial charge >= 0.3 is 5.97 Å². The predicted molar refractivity (Wildman–Crippen MR) is 80.5 cm³/mol. The summed E-state index contributed by atoms with van der Waals surface area (Å²) in [5, 5.41) is 9.86. The first kappa shape index (κ1) is 14.0. The van der Waals surface area contributed by atoms with Gasteiger partial charge in [-0.1, -0.05) is 30.3 Å². The van der Waals surface area contributed by atoms with Gasteiger partial charge in [0.05, 0.1) is 12.5 Å². The molecule has 0 atom stereocenters. The van der Waals surface area contributed by atoms with Crippen LogP contribution in [0.15, 0.2) is 52.9 Å². The van der Waals surface area contributed by atoms with Crippen molar-refractivity contribution < 1.29 is 23.8 Å². The van der Waals surface area contributed by atoms with Gasteiger partial charge in [0.1, 0.15) is 17.9 Å². The molecule has 0 saturated carbocycles. The molecule has 0 radical (unpaired) electrons. The fourth-order valence-electron chi connectivity index (χ4n) is 2.19. The maximum atomic E-state index is 11.4. The molecule has 0 spiro atoms. The summed E-state index contributed by atoms with van der Waals surface area (Å²) in [5.74, 6) is -0.558. The number of hydrogen-bond acceptors (Lipinski definition) is 4. The highest BCUT2D eigenvalue weighted by Crippen LogP contribution is 2.36. The summed E-state index contributed by atoms with van der Waals surface area (Å²) in [6, 6.07) is 14.6. The number of carboxylic acids is 1. The lowest BCUT2D eigenvalue weighted by Gasteiger charge is -2.06. The minimum Gasteiger partial charge on any atom is -0.497 e. The van der Waals surface area contributed by atoms with E-state index in [9.17, 15) is 9.90 Å². The second-order valence-corrected chi connectivity index (χ2v) is 4.70. The predicted octanol–water partition coefficient (Wildman–Crippen LogP) is 3.72. The molecule has 1 aromatic heterocycles. The Balaban J connectivity index is 2.01. The quantitative estimate of drug-likeness (QED) is 0.777. The first-order valence-electron chi connectivity index (χ1n) is 6.69. The maximum Gasteiger partial charge on any atom is 0.375 e. The molecule has 0 aliphatic carbocycles. The molecule has 3 aromatic rings. The lowest BCUT2D eigenvalue weighted by molar-refractivity contribution is 0.0658. The van der Waals surface area contributed by atoms with Gasteiger partial charge in [-0.2, -0.15) is 0 Å². The highest BCUT2D eigenvalue weighted by atomic mass is 16.5. The first-order valence-corrected chi connectivity index (χ1v) is 6.69. The number of furan rings is 1. The van der Waals surface area contributed by atoms with Gasteiger partial charge in [0, 0.05) is 0 Å². The summed E-state index contributed by atoms with van der Waals surface area (Å²) in [5.41, 5.74) is 1.39. The van der Waals surface area contributed by atoms with E-state index in [0.29, 0.717) is 16.7 Å². The Morgan fingerprint density at radius 1 is 1.18 bits per heavy atom. The van der Waals surface area contributed by atoms with Crippen LogP contribution in [0.25, 0.3) is 11.0 Å². The van der Waals surface area contributed by atoms with Crippen LogP contribution in [0.4, 0.5) is 0 Å². The molecule has 5 heteroatoms. The lowest BCUT2D eigenvalue weighted by Crippen LogP contribution is -2.01. The van der Waals surface area contributed by atoms with Gasteiger partial charge in [-0.3, -0.25) is 0 Å². The molecule has 0 aliphatic heterocycles. The third-order valence-corrected chi connectivity index (χ3v) is 3.27. The van der Waals surface area contributed by atoms with Gasteiger partial charge in [0.2, 0.25) is 0 Å². The van der Waals surface area contributed by atoms with Crippen molar-refractivity contribution in [1.29, 1.82) is 0 Å². The van der Waals surface area contributed by atoms with Crippen LogP contribution in [0.2, 0.25) is 0 Å². The number of ether oxygens (including phenoxy) is 2. The zero-order chi connectivity index (χ0) is 15.5. The van der Waals surface area contributed by atoms with Crippen LogP contribution in [0.1, 0.15) is 16.1 Å². The fourth-order valence-corrected chi connectivity index (χ4v) is 2.19. The van der Waals surface area contributed by atoms with Crippen molar-refractivity contribution >= 4 is 16.9 Å². The van der Waals surface area contributed by atoms with Crippen molar-refractivity contribution in [3.8, 4) is 11.5 Å². The van der Waals surface area contributed by atoms with Crippen LogP contribution in [0.3, 0.4) is 0 Å². The molecule has 0 aliphatic rings. The molecule has 1 heterocycles. The van der Waals surface area contributed by atoms with Gasteiger partial charge in [-0.05, 0) is 23.8 Å². The van der Waals surface area contributed by atoms with Crippen LogP contribution < -0.4 is 9.47 Å². The number of hydrogen-bond donors (Lipinski definition) is 1. The van der Waals surface area contributed by atoms with E-state index in [2.05, 4.69) is 0 Å². The zero-order valence-corrected chi connectivity index (χ0v) is 11.9. The maximum absolute atomic E-state index is 11.4. The van der Waals surface area contributed by atoms with Crippen LogP contribution in [0, 0.1) is 0 Å². The van der Waals surface area contributed by atoms with Crippen molar-refractivity contribution in [2.24, 2.45) is 0 Å². The Labute approximate surface area is 126 Å². The van der Waals surface area contributed by atoms with Crippen molar-refractivity contribution in [1.82, 2.24) is 0 Å². The molecule has 3 rings (SSSR count). The summed E-state index contributed by atoms with van der Waals surface area (Å²) in [4.78, 5) is 11.4. The summed E-state index contributed by atoms with van der Waals surface area (Å²) < 4.78 is 16.2. The van der Waals surface area contributed by atoms with Gasteiger partial charge in [-0.25, -0.2) is 4.79 Å². The molecule has 0 saturated heterocycles. The Hall–Kier alpha value is -2.95. The molecule has 1 N–H and O–H groups in total. The van der Waals surface area contributed by atoms with Crippen molar-refractivity contribution in [2.45, 2.75) is 6.61 Å². The molecule has 0 bridgehead atoms. The average Bonchev–Trinajstić information content (AvgIpc) is 2.91. The van der Waals surface area contributed by atoms with E-state index >= 15 is 0 Å². The van der Waals surface area contributed by atoms with Gasteiger partial charge in [0.25, 0.3) is 5.76 Å². The van der Waals surface area contributed by atoms with Crippen LogP contribution >= 0.6 is 0 Å². The highest BCUT2D eigenvalue weighted by Gasteiger charge is 2.22. The molecule has 112 valence electrons. The van der Waals surface area contributed by atoms with E-state index in [1.807, 2.05) is 30.3 Å². The number of methoxy groups -OCH3 is 1. The summed E-state index contributed by atoms with van der Waals surface area (Å²) in [7, 11) is 1.55. The van der Waals surface area contributed by atoms with Gasteiger partial charge in [0.15, 0.2) is 5.75 Å². The Morgan fingerprint density at radius 2 is 1.95 bits per heavy atom. The smallest absolute Gasteiger partial charge is 0.375 e. The monoisotopic (exact) mass is 298 g/mol. The number of aromatic carboxylic acids is 1. The summed E-state index contributed by atoms with van der Waals surface area (Å²) in [6.45, 7) is 0.257. The third kappa shape index (κ3) is 2.61. The topological polar surface area (TPSA) is 68.9 Å². The largest absolute Gasteiger partial charge is 0.497 e. The Kier molecular flexibility index (Phi) is 3.70. The normalized spacial score (nSPS) is 10.6. The average molecular weight is 298 g/mol. The van der Waals surface area contributed by atoms with Crippen LogP contribution in [-0.2, 0) is 6.61 Å². The van der Waals surface area contributed by atoms with E-state index in [-0.39, 0.29) is 18.1 Å². The van der Waals surface area contributed by atoms with E-state index in [0.717, 1.165) is 5.56 Å². The minimum atomic E-state index is -1.17. The molecular weight excluding hydrogens is 284 g/mol. The van der Waals surface area contributed by atoms with Crippen LogP contribution in [-0.4, -0.2) is 18.2 Å². The van der Waals surface area contributed by atoms with E-state index in [4.69, 9.17) is 13.9 Å². The fraction of sp³-hybridized carbons (Fsp3) is 0.118. The van der Waals surface area contributed by atoms with Crippen LogP contribution in [0.5, 0.6) is 11.5 Å². The highest BCUT2D eigenvalue weighted by molar-refractivity contribution is 5.98. The zero-order valence-electron chi connectivity index (χ0n) is 11.9. The van der Waals surface area contributed by atoms with E-state index in [1.165, 1.54) is 0 Å². The first-order chi connectivity index (χ1) is 10.7. The molecular formula is C17H14O5. The number of carbonyl (C=O) groups is 1. The number of carboxylic acid groups (broad SMARTS) is 1. The second kappa shape index (κ2) is 5.81. The summed E-state index contributed by atoms with van der Waals surface area (Å²) >= 11 is 0. The number of benzene rings is 2. The number of fused-ring (bicyclic) bond motifs is 1. The molecule has 22 heavy (non-hydrogen) atoms. The molecule has 0 unspecified atom stereocenters. The van der Waals surface area contributed by atoms with E-state index in [1.54, 1.807) is 25.3 Å². The number of rotatable bonds is 5. The molecule has 0 amide bonds. The molecule has 0 fully saturated rings. The second-order valence-electron chi connectivity index (χ2n) is 4.70. The SMILES string of the molecule is COc1ccc2oc(C(=O)O)c(OCc3ccccc3)c2c1. The Bertz CT molecular complexity index is 805. The van der Waals surface area contributed by atoms with Crippen molar-refractivity contribution in [3.05, 3.63) is 59.9 Å². The molecule has 5 nitrogen and oxygen atoms in total.